The number of rotatable bonds is 7. The van der Waals surface area contributed by atoms with Crippen molar-refractivity contribution in [1.82, 2.24) is 0 Å². The zero-order valence-electron chi connectivity index (χ0n) is 11.6. The lowest BCUT2D eigenvalue weighted by Crippen LogP contribution is -2.04. The second-order valence-corrected chi connectivity index (χ2v) is 5.46. The molecule has 2 rings (SSSR count). The Labute approximate surface area is 126 Å². The van der Waals surface area contributed by atoms with E-state index in [9.17, 15) is 14.9 Å². The molecule has 0 saturated carbocycles. The van der Waals surface area contributed by atoms with E-state index in [-0.39, 0.29) is 11.5 Å². The zero-order valence-corrected chi connectivity index (χ0v) is 12.4. The first kappa shape index (κ1) is 15.2. The summed E-state index contributed by atoms with van der Waals surface area (Å²) in [5.41, 5.74) is 0.550. The van der Waals surface area contributed by atoms with Gasteiger partial charge in [0.1, 0.15) is 5.75 Å². The number of hydrogen-bond donors (Lipinski definition) is 0. The Morgan fingerprint density at radius 3 is 2.81 bits per heavy atom. The van der Waals surface area contributed by atoms with Gasteiger partial charge in [0.05, 0.1) is 22.0 Å². The van der Waals surface area contributed by atoms with E-state index in [1.54, 1.807) is 25.1 Å². The predicted molar refractivity (Wildman–Crippen MR) is 81.2 cm³/mol. The molecule has 0 aliphatic carbocycles. The van der Waals surface area contributed by atoms with Crippen LogP contribution >= 0.6 is 11.3 Å². The molecule has 6 heteroatoms. The summed E-state index contributed by atoms with van der Waals surface area (Å²) in [7, 11) is 0. The first-order valence-electron chi connectivity index (χ1n) is 6.53. The van der Waals surface area contributed by atoms with E-state index < -0.39 is 4.92 Å². The third-order valence-corrected chi connectivity index (χ3v) is 3.96. The van der Waals surface area contributed by atoms with Crippen LogP contribution < -0.4 is 4.74 Å². The fourth-order valence-electron chi connectivity index (χ4n) is 1.93. The van der Waals surface area contributed by atoms with Crippen molar-refractivity contribution < 1.29 is 14.5 Å². The highest BCUT2D eigenvalue weighted by Crippen LogP contribution is 2.27. The molecule has 0 atom stereocenters. The highest BCUT2D eigenvalue weighted by molar-refractivity contribution is 7.12. The van der Waals surface area contributed by atoms with Crippen LogP contribution in [0.2, 0.25) is 0 Å². The van der Waals surface area contributed by atoms with Crippen LogP contribution in [0.1, 0.15) is 28.1 Å². The molecule has 0 unspecified atom stereocenters. The summed E-state index contributed by atoms with van der Waals surface area (Å²) in [6.07, 6.45) is 0.993. The Kier molecular flexibility index (Phi) is 5.05. The van der Waals surface area contributed by atoms with E-state index in [1.165, 1.54) is 17.4 Å². The molecule has 0 radical (unpaired) electrons. The highest BCUT2D eigenvalue weighted by Gasteiger charge is 2.14. The SMILES string of the molecule is Cc1c(OCCCC(=O)c2cccs2)cccc1[N+](=O)[O-]. The van der Waals surface area contributed by atoms with Crippen molar-refractivity contribution in [1.29, 1.82) is 0 Å². The number of nitro groups is 1. The molecule has 0 spiro atoms. The average Bonchev–Trinajstić information content (AvgIpc) is 2.98. The number of nitrogens with zero attached hydrogens (tertiary/aromatic N) is 1. The molecular weight excluding hydrogens is 290 g/mol. The maximum atomic E-state index is 11.8. The Morgan fingerprint density at radius 2 is 2.14 bits per heavy atom. The van der Waals surface area contributed by atoms with E-state index in [1.807, 2.05) is 11.4 Å². The summed E-state index contributed by atoms with van der Waals surface area (Å²) in [5.74, 6) is 0.595. The lowest BCUT2D eigenvalue weighted by atomic mass is 10.2. The van der Waals surface area contributed by atoms with E-state index >= 15 is 0 Å². The van der Waals surface area contributed by atoms with Crippen LogP contribution in [-0.4, -0.2) is 17.3 Å². The Balaban J connectivity index is 1.85. The maximum Gasteiger partial charge on any atom is 0.276 e. The lowest BCUT2D eigenvalue weighted by molar-refractivity contribution is -0.385. The van der Waals surface area contributed by atoms with Gasteiger partial charge >= 0.3 is 0 Å². The lowest BCUT2D eigenvalue weighted by Gasteiger charge is -2.08. The minimum Gasteiger partial charge on any atom is -0.493 e. The molecule has 21 heavy (non-hydrogen) atoms. The van der Waals surface area contributed by atoms with Gasteiger partial charge < -0.3 is 4.74 Å². The highest BCUT2D eigenvalue weighted by atomic mass is 32.1. The average molecular weight is 305 g/mol. The van der Waals surface area contributed by atoms with Crippen molar-refractivity contribution in [3.63, 3.8) is 0 Å². The van der Waals surface area contributed by atoms with Gasteiger partial charge in [-0.1, -0.05) is 12.1 Å². The normalized spacial score (nSPS) is 10.3. The summed E-state index contributed by atoms with van der Waals surface area (Å²) < 4.78 is 5.54. The molecular formula is C15H15NO4S. The number of hydrogen-bond acceptors (Lipinski definition) is 5. The molecule has 110 valence electrons. The van der Waals surface area contributed by atoms with Crippen molar-refractivity contribution in [3.05, 3.63) is 56.3 Å². The van der Waals surface area contributed by atoms with Crippen LogP contribution in [0.15, 0.2) is 35.7 Å². The third-order valence-electron chi connectivity index (χ3n) is 3.05. The first-order valence-corrected chi connectivity index (χ1v) is 7.41. The van der Waals surface area contributed by atoms with Gasteiger partial charge in [-0.25, -0.2) is 0 Å². The Hall–Kier alpha value is -2.21. The Bertz CT molecular complexity index is 637. The van der Waals surface area contributed by atoms with Gasteiger partial charge in [0.2, 0.25) is 0 Å². The van der Waals surface area contributed by atoms with Gasteiger partial charge in [0, 0.05) is 12.5 Å². The summed E-state index contributed by atoms with van der Waals surface area (Å²) in [4.78, 5) is 22.9. The smallest absolute Gasteiger partial charge is 0.276 e. The molecule has 0 bridgehead atoms. The monoisotopic (exact) mass is 305 g/mol. The predicted octanol–water partition coefficient (Wildman–Crippen LogP) is 4.01. The van der Waals surface area contributed by atoms with Crippen LogP contribution in [-0.2, 0) is 0 Å². The molecule has 0 aliphatic heterocycles. The van der Waals surface area contributed by atoms with Crippen molar-refractivity contribution in [2.75, 3.05) is 6.61 Å². The van der Waals surface area contributed by atoms with Crippen LogP contribution in [0.5, 0.6) is 5.75 Å². The quantitative estimate of drug-likeness (QED) is 0.335. The molecule has 1 aromatic heterocycles. The van der Waals surface area contributed by atoms with E-state index in [4.69, 9.17) is 4.74 Å². The number of thiophene rings is 1. The molecule has 0 N–H and O–H groups in total. The molecule has 0 fully saturated rings. The number of carbonyl (C=O) groups excluding carboxylic acids is 1. The minimum atomic E-state index is -0.428. The number of ether oxygens (including phenoxy) is 1. The maximum absolute atomic E-state index is 11.8. The molecule has 2 aromatic rings. The molecule has 1 aromatic carbocycles. The van der Waals surface area contributed by atoms with Gasteiger partial charge in [0.25, 0.3) is 5.69 Å². The standard InChI is InChI=1S/C15H15NO4S/c1-11-12(16(18)19)5-2-7-14(11)20-9-3-6-13(17)15-8-4-10-21-15/h2,4-5,7-8,10H,3,6,9H2,1H3. The zero-order chi connectivity index (χ0) is 15.2. The molecule has 0 amide bonds. The Morgan fingerprint density at radius 1 is 1.33 bits per heavy atom. The summed E-state index contributed by atoms with van der Waals surface area (Å²) >= 11 is 1.43. The molecule has 0 aliphatic rings. The van der Waals surface area contributed by atoms with E-state index in [2.05, 4.69) is 0 Å². The van der Waals surface area contributed by atoms with E-state index in [0.29, 0.717) is 30.8 Å². The molecule has 0 saturated heterocycles. The second kappa shape index (κ2) is 6.99. The van der Waals surface area contributed by atoms with E-state index in [0.717, 1.165) is 4.88 Å². The van der Waals surface area contributed by atoms with Crippen molar-refractivity contribution in [2.45, 2.75) is 19.8 Å². The fourth-order valence-corrected chi connectivity index (χ4v) is 2.63. The van der Waals surface area contributed by atoms with Gasteiger partial charge in [-0.2, -0.15) is 0 Å². The number of nitro benzene ring substituents is 1. The molecule has 5 nitrogen and oxygen atoms in total. The van der Waals surface area contributed by atoms with Crippen LogP contribution in [0.3, 0.4) is 0 Å². The van der Waals surface area contributed by atoms with Gasteiger partial charge in [-0.3, -0.25) is 14.9 Å². The van der Waals surface area contributed by atoms with Crippen LogP contribution in [0, 0.1) is 17.0 Å². The number of ketones is 1. The van der Waals surface area contributed by atoms with Crippen LogP contribution in [0.4, 0.5) is 5.69 Å². The summed E-state index contributed by atoms with van der Waals surface area (Å²) in [5, 5.41) is 12.7. The summed E-state index contributed by atoms with van der Waals surface area (Å²) in [6.45, 7) is 2.02. The largest absolute Gasteiger partial charge is 0.493 e. The van der Waals surface area contributed by atoms with Gasteiger partial charge in [-0.05, 0) is 30.9 Å². The number of benzene rings is 1. The van der Waals surface area contributed by atoms with Gasteiger partial charge in [0.15, 0.2) is 5.78 Å². The van der Waals surface area contributed by atoms with Crippen LogP contribution in [0.25, 0.3) is 0 Å². The number of Topliss-reactive ketones (excluding diaryl/α,β-unsaturated/α-hetero) is 1. The first-order chi connectivity index (χ1) is 10.1. The minimum absolute atomic E-state index is 0.0437. The molecule has 1 heterocycles. The van der Waals surface area contributed by atoms with Crippen molar-refractivity contribution in [3.8, 4) is 5.75 Å². The third kappa shape index (κ3) is 3.88. The second-order valence-electron chi connectivity index (χ2n) is 4.51. The van der Waals surface area contributed by atoms with Gasteiger partial charge in [-0.15, -0.1) is 11.3 Å². The fraction of sp³-hybridized carbons (Fsp3) is 0.267. The van der Waals surface area contributed by atoms with Crippen molar-refractivity contribution >= 4 is 22.8 Å². The number of carbonyl (C=O) groups is 1. The summed E-state index contributed by atoms with van der Waals surface area (Å²) in [6, 6.07) is 8.39. The van der Waals surface area contributed by atoms with Crippen molar-refractivity contribution in [2.24, 2.45) is 0 Å². The topological polar surface area (TPSA) is 69.4 Å².